The van der Waals surface area contributed by atoms with Gasteiger partial charge in [-0.25, -0.2) is 8.78 Å². The number of benzene rings is 4. The van der Waals surface area contributed by atoms with Crippen molar-refractivity contribution in [1.29, 1.82) is 0 Å². The van der Waals surface area contributed by atoms with E-state index in [2.05, 4.69) is 81.6 Å². The molecule has 0 saturated carbocycles. The summed E-state index contributed by atoms with van der Waals surface area (Å²) in [6, 6.07) is 29.6. The molecule has 0 radical (unpaired) electrons. The van der Waals surface area contributed by atoms with E-state index in [1.54, 1.807) is 18.2 Å². The molecule has 6 rings (SSSR count). The van der Waals surface area contributed by atoms with Crippen LogP contribution in [0.5, 0.6) is 0 Å². The van der Waals surface area contributed by atoms with Gasteiger partial charge in [0.15, 0.2) is 0 Å². The van der Waals surface area contributed by atoms with E-state index in [-0.39, 0.29) is 11.6 Å². The Balaban J connectivity index is 0.000000143. The van der Waals surface area contributed by atoms with E-state index in [4.69, 9.17) is 0 Å². The predicted octanol–water partition coefficient (Wildman–Crippen LogP) is 10.2. The molecule has 188 valence electrons. The second-order valence-electron chi connectivity index (χ2n) is 8.19. The minimum absolute atomic E-state index is 0.174. The Kier molecular flexibility index (Phi) is 9.72. The minimum Gasteiger partial charge on any atom is -0.361 e. The monoisotopic (exact) mass is 686 g/mol. The molecule has 0 atom stereocenters. The Labute approximate surface area is 239 Å². The Morgan fingerprint density at radius 2 is 1.30 bits per heavy atom. The fourth-order valence-corrected chi connectivity index (χ4v) is 5.16. The maximum atomic E-state index is 13.2. The number of hydrogen-bond donors (Lipinski definition) is 1. The average molecular weight is 689 g/mol. The van der Waals surface area contributed by atoms with Crippen LogP contribution in [0, 0.1) is 11.6 Å². The van der Waals surface area contributed by atoms with Crippen molar-refractivity contribution in [2.75, 3.05) is 0 Å². The van der Waals surface area contributed by atoms with Crippen molar-refractivity contribution >= 4 is 69.6 Å². The molecule has 2 heterocycles. The number of aromatic nitrogens is 2. The van der Waals surface area contributed by atoms with Crippen LogP contribution in [0.2, 0.25) is 0 Å². The molecule has 0 aliphatic carbocycles. The molecular weight excluding hydrogens is 666 g/mol. The quantitative estimate of drug-likeness (QED) is 0.179. The summed E-state index contributed by atoms with van der Waals surface area (Å²) in [5, 5.41) is 3.13. The molecule has 0 saturated heterocycles. The summed E-state index contributed by atoms with van der Waals surface area (Å²) in [5.74, 6) is -0.364. The largest absolute Gasteiger partial charge is 0.361 e. The lowest BCUT2D eigenvalue weighted by Crippen LogP contribution is -1.97. The van der Waals surface area contributed by atoms with Gasteiger partial charge >= 0.3 is 0 Å². The van der Waals surface area contributed by atoms with Gasteiger partial charge < -0.3 is 9.55 Å². The standard InChI is InChI=1S/C15H11BrFN.C8H6BrN.C7H6BrF/c16-14-5-2-6-15-13(14)7-8-18(15)10-11-3-1-4-12(17)9-11;9-7-2-1-3-8-6(7)4-5-10-8;8-5-6-2-1-3-7(9)4-6/h1-9H,10H2;1-5,10H;1-4H,5H2. The first kappa shape index (κ1) is 27.3. The van der Waals surface area contributed by atoms with Crippen molar-refractivity contribution in [1.82, 2.24) is 9.55 Å². The second kappa shape index (κ2) is 13.2. The summed E-state index contributed by atoms with van der Waals surface area (Å²) in [6.07, 6.45) is 3.97. The maximum Gasteiger partial charge on any atom is 0.123 e. The summed E-state index contributed by atoms with van der Waals surface area (Å²) in [7, 11) is 0. The highest BCUT2D eigenvalue weighted by Crippen LogP contribution is 2.25. The van der Waals surface area contributed by atoms with Crippen molar-refractivity contribution in [3.63, 3.8) is 0 Å². The molecular formula is C30H23Br3F2N2. The third-order valence-corrected chi connectivity index (χ3v) is 7.62. The molecule has 0 unspecified atom stereocenters. The molecule has 0 spiro atoms. The molecule has 1 N–H and O–H groups in total. The van der Waals surface area contributed by atoms with E-state index < -0.39 is 0 Å². The van der Waals surface area contributed by atoms with Crippen molar-refractivity contribution in [3.8, 4) is 0 Å². The van der Waals surface area contributed by atoms with Gasteiger partial charge in [-0.05, 0) is 71.8 Å². The van der Waals surface area contributed by atoms with Gasteiger partial charge in [-0.3, -0.25) is 0 Å². The zero-order chi connectivity index (χ0) is 26.2. The van der Waals surface area contributed by atoms with Crippen molar-refractivity contribution in [3.05, 3.63) is 141 Å². The van der Waals surface area contributed by atoms with Gasteiger partial charge in [0.2, 0.25) is 0 Å². The zero-order valence-electron chi connectivity index (χ0n) is 19.6. The van der Waals surface area contributed by atoms with Crippen molar-refractivity contribution in [2.45, 2.75) is 11.9 Å². The third kappa shape index (κ3) is 7.40. The third-order valence-electron chi connectivity index (χ3n) is 5.59. The highest BCUT2D eigenvalue weighted by atomic mass is 79.9. The number of halogens is 5. The molecule has 0 aliphatic heterocycles. The van der Waals surface area contributed by atoms with Crippen LogP contribution in [0.25, 0.3) is 21.8 Å². The molecule has 0 amide bonds. The van der Waals surface area contributed by atoms with Crippen LogP contribution in [-0.2, 0) is 11.9 Å². The summed E-state index contributed by atoms with van der Waals surface area (Å²) in [4.78, 5) is 3.13. The number of hydrogen-bond acceptors (Lipinski definition) is 0. The summed E-state index contributed by atoms with van der Waals surface area (Å²) in [5.41, 5.74) is 4.26. The number of rotatable bonds is 3. The van der Waals surface area contributed by atoms with Gasteiger partial charge in [-0.2, -0.15) is 0 Å². The van der Waals surface area contributed by atoms with Crippen molar-refractivity contribution < 1.29 is 8.78 Å². The first-order chi connectivity index (χ1) is 17.9. The zero-order valence-corrected chi connectivity index (χ0v) is 24.4. The van der Waals surface area contributed by atoms with E-state index in [1.807, 2.05) is 48.8 Å². The molecule has 2 nitrogen and oxygen atoms in total. The summed E-state index contributed by atoms with van der Waals surface area (Å²) < 4.78 is 29.8. The smallest absolute Gasteiger partial charge is 0.123 e. The number of nitrogens with zero attached hydrogens (tertiary/aromatic N) is 1. The lowest BCUT2D eigenvalue weighted by Gasteiger charge is -2.06. The van der Waals surface area contributed by atoms with Gasteiger partial charge in [0.25, 0.3) is 0 Å². The fourth-order valence-electron chi connectivity index (χ4n) is 3.82. The minimum atomic E-state index is -0.190. The van der Waals surface area contributed by atoms with Crippen LogP contribution in [0.4, 0.5) is 8.78 Å². The number of fused-ring (bicyclic) bond motifs is 2. The predicted molar refractivity (Wildman–Crippen MR) is 160 cm³/mol. The van der Waals surface area contributed by atoms with E-state index in [0.717, 1.165) is 25.6 Å². The van der Waals surface area contributed by atoms with Crippen LogP contribution in [-0.4, -0.2) is 9.55 Å². The molecule has 7 heteroatoms. The first-order valence-electron chi connectivity index (χ1n) is 11.4. The normalized spacial score (nSPS) is 10.5. The Bertz CT molecular complexity index is 1610. The molecule has 4 aromatic carbocycles. The number of aromatic amines is 1. The number of H-pyrrole nitrogens is 1. The van der Waals surface area contributed by atoms with Crippen LogP contribution in [0.15, 0.2) is 118 Å². The number of nitrogens with one attached hydrogen (secondary N) is 1. The van der Waals surface area contributed by atoms with Gasteiger partial charge in [0.05, 0.1) is 0 Å². The topological polar surface area (TPSA) is 20.7 Å². The van der Waals surface area contributed by atoms with Crippen LogP contribution in [0.3, 0.4) is 0 Å². The molecule has 0 bridgehead atoms. The van der Waals surface area contributed by atoms with Gasteiger partial charge in [-0.1, -0.05) is 84.2 Å². The van der Waals surface area contributed by atoms with Crippen LogP contribution < -0.4 is 0 Å². The lowest BCUT2D eigenvalue weighted by molar-refractivity contribution is 0.624. The highest BCUT2D eigenvalue weighted by molar-refractivity contribution is 9.11. The summed E-state index contributed by atoms with van der Waals surface area (Å²) >= 11 is 10.2. The highest BCUT2D eigenvalue weighted by Gasteiger charge is 2.04. The average Bonchev–Trinajstić information content (AvgIpc) is 3.54. The van der Waals surface area contributed by atoms with Gasteiger partial charge in [-0.15, -0.1) is 0 Å². The van der Waals surface area contributed by atoms with Gasteiger partial charge in [0.1, 0.15) is 11.6 Å². The molecule has 37 heavy (non-hydrogen) atoms. The second-order valence-corrected chi connectivity index (χ2v) is 10.5. The van der Waals surface area contributed by atoms with E-state index >= 15 is 0 Å². The summed E-state index contributed by atoms with van der Waals surface area (Å²) in [6.45, 7) is 0.678. The van der Waals surface area contributed by atoms with Crippen molar-refractivity contribution in [2.24, 2.45) is 0 Å². The van der Waals surface area contributed by atoms with E-state index in [1.165, 1.54) is 34.5 Å². The molecule has 0 aliphatic rings. The fraction of sp³-hybridized carbons (Fsp3) is 0.0667. The van der Waals surface area contributed by atoms with Gasteiger partial charge in [0, 0.05) is 55.0 Å². The maximum absolute atomic E-state index is 13.2. The van der Waals surface area contributed by atoms with Crippen LogP contribution in [0.1, 0.15) is 11.1 Å². The molecule has 0 fully saturated rings. The SMILES string of the molecule is Brc1cccc2[nH]ccc12.Fc1cccc(CBr)c1.Fc1cccc(Cn2ccc3c(Br)cccc32)c1. The molecule has 2 aromatic heterocycles. The Hall–Kier alpha value is -2.74. The first-order valence-corrected chi connectivity index (χ1v) is 14.1. The lowest BCUT2D eigenvalue weighted by atomic mass is 10.2. The van der Waals surface area contributed by atoms with E-state index in [0.29, 0.717) is 11.9 Å². The number of alkyl halides is 1. The van der Waals surface area contributed by atoms with Crippen LogP contribution >= 0.6 is 47.8 Å². The Morgan fingerprint density at radius 3 is 1.95 bits per heavy atom. The Morgan fingerprint density at radius 1 is 0.676 bits per heavy atom. The van der Waals surface area contributed by atoms with E-state index in [9.17, 15) is 8.78 Å². The molecule has 6 aromatic rings.